The zero-order chi connectivity index (χ0) is 17.0. The number of urea groups is 1. The molecule has 1 N–H and O–H groups in total. The minimum Gasteiger partial charge on any atom is -0.382 e. The Labute approximate surface area is 139 Å². The minimum atomic E-state index is -0.146. The first-order valence-electron chi connectivity index (χ1n) is 8.48. The molecule has 0 radical (unpaired) electrons. The number of aryl methyl sites for hydroxylation is 2. The minimum absolute atomic E-state index is 0.00986. The van der Waals surface area contributed by atoms with Crippen molar-refractivity contribution in [1.29, 1.82) is 0 Å². The molecule has 1 fully saturated rings. The van der Waals surface area contributed by atoms with E-state index in [0.29, 0.717) is 13.2 Å². The lowest BCUT2D eigenvalue weighted by Gasteiger charge is -2.38. The number of rotatable bonds is 6. The second-order valence-corrected chi connectivity index (χ2v) is 6.59. The summed E-state index contributed by atoms with van der Waals surface area (Å²) in [7, 11) is 3.65. The highest BCUT2D eigenvalue weighted by atomic mass is 16.5. The van der Waals surface area contributed by atoms with Crippen LogP contribution < -0.4 is 5.32 Å². The van der Waals surface area contributed by atoms with Crippen LogP contribution in [-0.2, 0) is 18.3 Å². The fourth-order valence-electron chi connectivity index (χ4n) is 3.80. The van der Waals surface area contributed by atoms with Crippen LogP contribution in [-0.4, -0.2) is 46.5 Å². The normalized spacial score (nSPS) is 21.0. The van der Waals surface area contributed by atoms with Gasteiger partial charge in [-0.2, -0.15) is 5.10 Å². The van der Waals surface area contributed by atoms with E-state index in [0.717, 1.165) is 49.2 Å². The molecule has 0 aliphatic carbocycles. The smallest absolute Gasteiger partial charge is 0.318 e. The zero-order valence-electron chi connectivity index (χ0n) is 15.1. The number of amides is 2. The van der Waals surface area contributed by atoms with Crippen LogP contribution >= 0.6 is 0 Å². The van der Waals surface area contributed by atoms with Crippen LogP contribution in [0.5, 0.6) is 0 Å². The van der Waals surface area contributed by atoms with Gasteiger partial charge in [-0.25, -0.2) is 4.79 Å². The van der Waals surface area contributed by atoms with Crippen molar-refractivity contribution in [1.82, 2.24) is 20.0 Å². The van der Waals surface area contributed by atoms with Gasteiger partial charge < -0.3 is 15.0 Å². The lowest BCUT2D eigenvalue weighted by atomic mass is 9.91. The number of carbonyl (C=O) groups is 1. The largest absolute Gasteiger partial charge is 0.382 e. The van der Waals surface area contributed by atoms with Crippen molar-refractivity contribution in [2.24, 2.45) is 7.05 Å². The van der Waals surface area contributed by atoms with Crippen LogP contribution in [0.1, 0.15) is 49.6 Å². The highest BCUT2D eigenvalue weighted by Gasteiger charge is 2.42. The Balaban J connectivity index is 2.07. The Morgan fingerprint density at radius 2 is 2.17 bits per heavy atom. The maximum atomic E-state index is 12.7. The van der Waals surface area contributed by atoms with E-state index in [9.17, 15) is 4.79 Å². The highest BCUT2D eigenvalue weighted by molar-refractivity contribution is 5.75. The monoisotopic (exact) mass is 322 g/mol. The molecule has 1 saturated heterocycles. The summed E-state index contributed by atoms with van der Waals surface area (Å²) in [5.74, 6) is 0. The number of nitrogens with zero attached hydrogens (tertiary/aromatic N) is 3. The maximum Gasteiger partial charge on any atom is 0.318 e. The van der Waals surface area contributed by atoms with Crippen molar-refractivity contribution >= 4 is 6.03 Å². The topological polar surface area (TPSA) is 59.4 Å². The number of aromatic nitrogens is 2. The number of carbonyl (C=O) groups excluding carboxylic acids is 1. The fraction of sp³-hybridized carbons (Fsp3) is 0.765. The molecule has 23 heavy (non-hydrogen) atoms. The number of nitrogens with one attached hydrogen (secondary N) is 1. The average molecular weight is 322 g/mol. The van der Waals surface area contributed by atoms with Crippen molar-refractivity contribution in [2.45, 2.75) is 58.5 Å². The van der Waals surface area contributed by atoms with Crippen molar-refractivity contribution in [3.8, 4) is 0 Å². The van der Waals surface area contributed by atoms with E-state index in [-0.39, 0.29) is 11.6 Å². The number of methoxy groups -OCH3 is 1. The number of ether oxygens (including phenoxy) is 1. The maximum absolute atomic E-state index is 12.7. The second-order valence-electron chi connectivity index (χ2n) is 6.59. The standard InChI is InChI=1S/C17H30N4O2/c1-6-8-17(12-23-5)9-7-10-21(17)16(22)18-11-15-13(2)19-20(4)14(15)3/h6-12H2,1-5H3,(H,18,22)/t17-/m1/s1. The van der Waals surface area contributed by atoms with Gasteiger partial charge in [-0.15, -0.1) is 0 Å². The lowest BCUT2D eigenvalue weighted by molar-refractivity contribution is 0.0500. The van der Waals surface area contributed by atoms with Gasteiger partial charge in [-0.1, -0.05) is 13.3 Å². The van der Waals surface area contributed by atoms with Gasteiger partial charge >= 0.3 is 6.03 Å². The zero-order valence-corrected chi connectivity index (χ0v) is 15.1. The molecule has 1 aliphatic heterocycles. The molecule has 1 aliphatic rings. The van der Waals surface area contributed by atoms with Gasteiger partial charge in [0.05, 0.1) is 17.8 Å². The molecule has 0 aromatic carbocycles. The SMILES string of the molecule is CCC[C@]1(COC)CCCN1C(=O)NCc1c(C)nn(C)c1C. The molecule has 2 amide bonds. The van der Waals surface area contributed by atoms with E-state index in [2.05, 4.69) is 17.3 Å². The van der Waals surface area contributed by atoms with Crippen LogP contribution in [0.4, 0.5) is 4.79 Å². The first-order chi connectivity index (χ1) is 10.9. The van der Waals surface area contributed by atoms with E-state index >= 15 is 0 Å². The Bertz CT molecular complexity index is 547. The third kappa shape index (κ3) is 3.52. The summed E-state index contributed by atoms with van der Waals surface area (Å²) in [4.78, 5) is 14.7. The summed E-state index contributed by atoms with van der Waals surface area (Å²) in [6.07, 6.45) is 4.10. The fourth-order valence-corrected chi connectivity index (χ4v) is 3.80. The van der Waals surface area contributed by atoms with Gasteiger partial charge in [0.1, 0.15) is 0 Å². The summed E-state index contributed by atoms with van der Waals surface area (Å²) in [6.45, 7) is 8.11. The highest BCUT2D eigenvalue weighted by Crippen LogP contribution is 2.34. The predicted molar refractivity (Wildman–Crippen MR) is 90.4 cm³/mol. The molecule has 1 atom stereocenters. The molecule has 0 bridgehead atoms. The summed E-state index contributed by atoms with van der Waals surface area (Å²) in [5.41, 5.74) is 3.03. The molecule has 6 heteroatoms. The number of likely N-dealkylation sites (tertiary alicyclic amines) is 1. The summed E-state index contributed by atoms with van der Waals surface area (Å²) in [5, 5.41) is 7.49. The number of hydrogen-bond donors (Lipinski definition) is 1. The molecule has 0 spiro atoms. The van der Waals surface area contributed by atoms with Crippen molar-refractivity contribution in [2.75, 3.05) is 20.3 Å². The van der Waals surface area contributed by atoms with E-state index in [1.807, 2.05) is 30.5 Å². The van der Waals surface area contributed by atoms with Crippen molar-refractivity contribution in [3.63, 3.8) is 0 Å². The van der Waals surface area contributed by atoms with Gasteiger partial charge in [-0.3, -0.25) is 4.68 Å². The summed E-state index contributed by atoms with van der Waals surface area (Å²) >= 11 is 0. The molecule has 1 aromatic rings. The molecule has 0 saturated carbocycles. The molecule has 2 heterocycles. The van der Waals surface area contributed by atoms with Crippen LogP contribution in [0.15, 0.2) is 0 Å². The van der Waals surface area contributed by atoms with Crippen molar-refractivity contribution in [3.05, 3.63) is 17.0 Å². The molecule has 1 aromatic heterocycles. The molecule has 2 rings (SSSR count). The van der Waals surface area contributed by atoms with E-state index in [1.54, 1.807) is 7.11 Å². The molecule has 0 unspecified atom stereocenters. The lowest BCUT2D eigenvalue weighted by Crippen LogP contribution is -2.53. The summed E-state index contributed by atoms with van der Waals surface area (Å²) in [6, 6.07) is 0.00986. The van der Waals surface area contributed by atoms with Crippen LogP contribution in [0, 0.1) is 13.8 Å². The van der Waals surface area contributed by atoms with Gasteiger partial charge in [0.2, 0.25) is 0 Å². The Kier molecular flexibility index (Phi) is 5.68. The first kappa shape index (κ1) is 17.8. The van der Waals surface area contributed by atoms with Gasteiger partial charge in [0.15, 0.2) is 0 Å². The first-order valence-corrected chi connectivity index (χ1v) is 8.48. The average Bonchev–Trinajstić information content (AvgIpc) is 3.00. The van der Waals surface area contributed by atoms with Gasteiger partial charge in [0, 0.05) is 38.5 Å². The Morgan fingerprint density at radius 1 is 1.43 bits per heavy atom. The van der Waals surface area contributed by atoms with E-state index < -0.39 is 0 Å². The molecular weight excluding hydrogens is 292 g/mol. The summed E-state index contributed by atoms with van der Waals surface area (Å²) < 4.78 is 7.29. The van der Waals surface area contributed by atoms with Gasteiger partial charge in [0.25, 0.3) is 0 Å². The molecular formula is C17H30N4O2. The molecule has 130 valence electrons. The molecule has 6 nitrogen and oxygen atoms in total. The van der Waals surface area contributed by atoms with E-state index in [1.165, 1.54) is 0 Å². The van der Waals surface area contributed by atoms with Crippen molar-refractivity contribution < 1.29 is 9.53 Å². The predicted octanol–water partition coefficient (Wildman–Crippen LogP) is 2.53. The third-order valence-corrected chi connectivity index (χ3v) is 5.05. The van der Waals surface area contributed by atoms with Crippen LogP contribution in [0.2, 0.25) is 0 Å². The quantitative estimate of drug-likeness (QED) is 0.875. The Hall–Kier alpha value is -1.56. The second kappa shape index (κ2) is 7.34. The third-order valence-electron chi connectivity index (χ3n) is 5.05. The van der Waals surface area contributed by atoms with E-state index in [4.69, 9.17) is 4.74 Å². The Morgan fingerprint density at radius 3 is 2.74 bits per heavy atom. The van der Waals surface area contributed by atoms with Crippen LogP contribution in [0.3, 0.4) is 0 Å². The van der Waals surface area contributed by atoms with Crippen LogP contribution in [0.25, 0.3) is 0 Å². The number of hydrogen-bond acceptors (Lipinski definition) is 3. The van der Waals surface area contributed by atoms with Gasteiger partial charge in [-0.05, 0) is 33.1 Å².